The third-order valence-electron chi connectivity index (χ3n) is 2.25. The first-order valence-corrected chi connectivity index (χ1v) is 4.07. The molecule has 0 spiro atoms. The van der Waals surface area contributed by atoms with Crippen LogP contribution in [0.4, 0.5) is 0 Å². The summed E-state index contributed by atoms with van der Waals surface area (Å²) in [7, 11) is 0. The minimum absolute atomic E-state index is 0. The van der Waals surface area contributed by atoms with Crippen molar-refractivity contribution in [1.29, 1.82) is 0 Å². The lowest BCUT2D eigenvalue weighted by molar-refractivity contribution is 0.560. The Morgan fingerprint density at radius 3 is 2.85 bits per heavy atom. The number of rotatable bonds is 0. The average molecular weight is 221 g/mol. The number of aromatic nitrogens is 1. The van der Waals surface area contributed by atoms with E-state index in [-0.39, 0.29) is 30.9 Å². The molecule has 1 aliphatic carbocycles. The number of hydrogen-bond donors (Lipinski definition) is 1. The molecule has 0 fully saturated rings. The molecular formula is C9H14Cl2N2. The lowest BCUT2D eigenvalue weighted by Crippen LogP contribution is -2.17. The van der Waals surface area contributed by atoms with Gasteiger partial charge in [0.15, 0.2) is 0 Å². The van der Waals surface area contributed by atoms with Crippen molar-refractivity contribution in [3.63, 3.8) is 0 Å². The Balaban J connectivity index is 0.000000720. The maximum Gasteiger partial charge on any atom is 0.0451 e. The van der Waals surface area contributed by atoms with Crippen LogP contribution < -0.4 is 5.73 Å². The molecule has 0 amide bonds. The highest BCUT2D eigenvalue weighted by atomic mass is 35.5. The van der Waals surface area contributed by atoms with Gasteiger partial charge in [-0.25, -0.2) is 0 Å². The van der Waals surface area contributed by atoms with Crippen LogP contribution in [0.15, 0.2) is 18.3 Å². The molecule has 1 heterocycles. The van der Waals surface area contributed by atoms with E-state index in [2.05, 4.69) is 11.1 Å². The summed E-state index contributed by atoms with van der Waals surface area (Å²) < 4.78 is 0. The topological polar surface area (TPSA) is 38.9 Å². The van der Waals surface area contributed by atoms with E-state index in [0.29, 0.717) is 0 Å². The number of hydrogen-bond acceptors (Lipinski definition) is 2. The minimum atomic E-state index is 0. The number of aryl methyl sites for hydroxylation is 1. The predicted octanol–water partition coefficient (Wildman–Crippen LogP) is 2.26. The van der Waals surface area contributed by atoms with Gasteiger partial charge < -0.3 is 5.73 Å². The second kappa shape index (κ2) is 5.43. The summed E-state index contributed by atoms with van der Waals surface area (Å²) in [5, 5.41) is 0. The van der Waals surface area contributed by atoms with E-state index < -0.39 is 0 Å². The van der Waals surface area contributed by atoms with E-state index in [1.807, 2.05) is 12.3 Å². The monoisotopic (exact) mass is 220 g/mol. The van der Waals surface area contributed by atoms with Gasteiger partial charge in [-0.2, -0.15) is 0 Å². The van der Waals surface area contributed by atoms with Crippen molar-refractivity contribution in [2.45, 2.75) is 25.3 Å². The smallest absolute Gasteiger partial charge is 0.0451 e. The molecule has 0 unspecified atom stereocenters. The number of fused-ring (bicyclic) bond motifs is 1. The van der Waals surface area contributed by atoms with Gasteiger partial charge in [-0.05, 0) is 30.9 Å². The minimum Gasteiger partial charge on any atom is -0.324 e. The van der Waals surface area contributed by atoms with Crippen molar-refractivity contribution < 1.29 is 0 Å². The van der Waals surface area contributed by atoms with Crippen molar-refractivity contribution in [3.05, 3.63) is 29.6 Å². The first-order chi connectivity index (χ1) is 5.38. The molecular weight excluding hydrogens is 207 g/mol. The molecule has 74 valence electrons. The normalized spacial score (nSPS) is 19.3. The summed E-state index contributed by atoms with van der Waals surface area (Å²) in [6.07, 6.45) is 5.24. The van der Waals surface area contributed by atoms with Crippen LogP contribution in [0.25, 0.3) is 0 Å². The quantitative estimate of drug-likeness (QED) is 0.729. The molecule has 2 nitrogen and oxygen atoms in total. The summed E-state index contributed by atoms with van der Waals surface area (Å²) in [4.78, 5) is 4.29. The second-order valence-electron chi connectivity index (χ2n) is 3.04. The fourth-order valence-electron chi connectivity index (χ4n) is 1.64. The standard InChI is InChI=1S/C9H12N2.2ClH/c10-8-4-1-5-9-7(8)3-2-6-11-9;;/h2-3,6,8H,1,4-5,10H2;2*1H/t8-;;/m0../s1. The van der Waals surface area contributed by atoms with Crippen LogP contribution in [0.1, 0.15) is 30.1 Å². The zero-order chi connectivity index (χ0) is 7.68. The summed E-state index contributed by atoms with van der Waals surface area (Å²) in [6.45, 7) is 0. The summed E-state index contributed by atoms with van der Waals surface area (Å²) in [6, 6.07) is 4.28. The molecule has 0 saturated heterocycles. The number of pyridine rings is 1. The van der Waals surface area contributed by atoms with E-state index in [1.54, 1.807) is 0 Å². The van der Waals surface area contributed by atoms with Crippen LogP contribution in [0, 0.1) is 0 Å². The Labute approximate surface area is 90.8 Å². The third kappa shape index (κ3) is 2.56. The highest BCUT2D eigenvalue weighted by Crippen LogP contribution is 2.25. The molecule has 1 aliphatic rings. The van der Waals surface area contributed by atoms with Gasteiger partial charge in [-0.1, -0.05) is 6.07 Å². The van der Waals surface area contributed by atoms with Crippen molar-refractivity contribution in [2.75, 3.05) is 0 Å². The van der Waals surface area contributed by atoms with Gasteiger partial charge in [0.25, 0.3) is 0 Å². The van der Waals surface area contributed by atoms with Gasteiger partial charge in [-0.3, -0.25) is 4.98 Å². The Kier molecular flexibility index (Phi) is 5.30. The van der Waals surface area contributed by atoms with Gasteiger partial charge in [0.05, 0.1) is 0 Å². The van der Waals surface area contributed by atoms with Gasteiger partial charge in [-0.15, -0.1) is 24.8 Å². The molecule has 4 heteroatoms. The van der Waals surface area contributed by atoms with Crippen LogP contribution in [-0.2, 0) is 6.42 Å². The number of nitrogens with zero attached hydrogens (tertiary/aromatic N) is 1. The van der Waals surface area contributed by atoms with E-state index >= 15 is 0 Å². The molecule has 2 N–H and O–H groups in total. The fourth-order valence-corrected chi connectivity index (χ4v) is 1.64. The van der Waals surface area contributed by atoms with Crippen LogP contribution in [-0.4, -0.2) is 4.98 Å². The average Bonchev–Trinajstić information content (AvgIpc) is 2.06. The highest BCUT2D eigenvalue weighted by molar-refractivity contribution is 5.85. The van der Waals surface area contributed by atoms with E-state index in [0.717, 1.165) is 12.8 Å². The van der Waals surface area contributed by atoms with E-state index in [9.17, 15) is 0 Å². The van der Waals surface area contributed by atoms with Crippen LogP contribution in [0.2, 0.25) is 0 Å². The first kappa shape index (κ1) is 12.7. The molecule has 0 radical (unpaired) electrons. The van der Waals surface area contributed by atoms with Gasteiger partial charge in [0, 0.05) is 17.9 Å². The van der Waals surface area contributed by atoms with Crippen LogP contribution in [0.3, 0.4) is 0 Å². The molecule has 13 heavy (non-hydrogen) atoms. The van der Waals surface area contributed by atoms with Crippen molar-refractivity contribution in [1.82, 2.24) is 4.98 Å². The molecule has 1 aromatic rings. The third-order valence-corrected chi connectivity index (χ3v) is 2.25. The number of halogens is 2. The van der Waals surface area contributed by atoms with E-state index in [4.69, 9.17) is 5.73 Å². The molecule has 0 aliphatic heterocycles. The van der Waals surface area contributed by atoms with Gasteiger partial charge in [0.2, 0.25) is 0 Å². The summed E-state index contributed by atoms with van der Waals surface area (Å²) in [5.74, 6) is 0. The van der Waals surface area contributed by atoms with Crippen molar-refractivity contribution in [3.8, 4) is 0 Å². The Hall–Kier alpha value is -0.310. The van der Waals surface area contributed by atoms with Crippen LogP contribution in [0.5, 0.6) is 0 Å². The van der Waals surface area contributed by atoms with Gasteiger partial charge in [0.1, 0.15) is 0 Å². The lowest BCUT2D eigenvalue weighted by atomic mass is 9.92. The predicted molar refractivity (Wildman–Crippen MR) is 58.6 cm³/mol. The molecule has 0 aromatic carbocycles. The fraction of sp³-hybridized carbons (Fsp3) is 0.444. The lowest BCUT2D eigenvalue weighted by Gasteiger charge is -2.20. The zero-order valence-corrected chi connectivity index (χ0v) is 8.90. The highest BCUT2D eigenvalue weighted by Gasteiger charge is 2.16. The SMILES string of the molecule is Cl.Cl.N[C@H]1CCCc2ncccc21. The molecule has 0 saturated carbocycles. The van der Waals surface area contributed by atoms with Gasteiger partial charge >= 0.3 is 0 Å². The Bertz CT molecular complexity index is 266. The van der Waals surface area contributed by atoms with Crippen molar-refractivity contribution in [2.24, 2.45) is 5.73 Å². The van der Waals surface area contributed by atoms with Crippen LogP contribution >= 0.6 is 24.8 Å². The molecule has 1 aromatic heterocycles. The maximum absolute atomic E-state index is 5.91. The van der Waals surface area contributed by atoms with Crippen molar-refractivity contribution >= 4 is 24.8 Å². The molecule has 0 bridgehead atoms. The molecule has 1 atom stereocenters. The Morgan fingerprint density at radius 2 is 2.15 bits per heavy atom. The summed E-state index contributed by atoms with van der Waals surface area (Å²) >= 11 is 0. The number of nitrogens with two attached hydrogens (primary N) is 1. The Morgan fingerprint density at radius 1 is 1.38 bits per heavy atom. The second-order valence-corrected chi connectivity index (χ2v) is 3.04. The largest absolute Gasteiger partial charge is 0.324 e. The zero-order valence-electron chi connectivity index (χ0n) is 7.27. The van der Waals surface area contributed by atoms with E-state index in [1.165, 1.54) is 17.7 Å². The molecule has 2 rings (SSSR count). The summed E-state index contributed by atoms with van der Waals surface area (Å²) in [5.41, 5.74) is 8.36. The first-order valence-electron chi connectivity index (χ1n) is 4.07. The maximum atomic E-state index is 5.91.